The van der Waals surface area contributed by atoms with E-state index in [0.29, 0.717) is 28.6 Å². The maximum atomic E-state index is 12.2. The summed E-state index contributed by atoms with van der Waals surface area (Å²) in [7, 11) is 3.47. The van der Waals surface area contributed by atoms with Crippen molar-refractivity contribution < 1.29 is 13.9 Å². The van der Waals surface area contributed by atoms with Crippen LogP contribution in [0.5, 0.6) is 0 Å². The molecule has 2 fully saturated rings. The van der Waals surface area contributed by atoms with Crippen LogP contribution in [0.3, 0.4) is 0 Å². The van der Waals surface area contributed by atoms with Gasteiger partial charge in [0.15, 0.2) is 5.58 Å². The zero-order valence-electron chi connectivity index (χ0n) is 21.0. The Bertz CT molecular complexity index is 1530. The molecule has 0 radical (unpaired) electrons. The molecule has 4 aromatic rings. The Morgan fingerprint density at radius 2 is 1.89 bits per heavy atom. The van der Waals surface area contributed by atoms with Crippen molar-refractivity contribution in [2.24, 2.45) is 0 Å². The van der Waals surface area contributed by atoms with Gasteiger partial charge in [0.1, 0.15) is 11.3 Å². The number of nitrogens with zero attached hydrogens (tertiary/aromatic N) is 3. The quantitative estimate of drug-likeness (QED) is 0.320. The Morgan fingerprint density at radius 1 is 1.11 bits per heavy atom. The lowest BCUT2D eigenvalue weighted by atomic mass is 10.00. The van der Waals surface area contributed by atoms with Crippen LogP contribution in [0.25, 0.3) is 38.4 Å². The molecule has 1 aliphatic carbocycles. The fourth-order valence-corrected chi connectivity index (χ4v) is 5.12. The molecule has 1 saturated heterocycles. The van der Waals surface area contributed by atoms with Gasteiger partial charge in [0.05, 0.1) is 12.2 Å². The number of ether oxygens (including phenoxy) is 1. The molecule has 3 heterocycles. The first-order valence-corrected chi connectivity index (χ1v) is 12.6. The normalized spacial score (nSPS) is 17.9. The van der Waals surface area contributed by atoms with Gasteiger partial charge in [0.2, 0.25) is 5.69 Å². The number of furan rings is 1. The molecule has 7 nitrogen and oxygen atoms in total. The van der Waals surface area contributed by atoms with Gasteiger partial charge in [-0.05, 0) is 61.6 Å². The summed E-state index contributed by atoms with van der Waals surface area (Å²) in [6, 6.07) is 17.5. The van der Waals surface area contributed by atoms with Crippen molar-refractivity contribution in [3.8, 4) is 22.5 Å². The third-order valence-electron chi connectivity index (χ3n) is 7.32. The average Bonchev–Trinajstić information content (AvgIpc) is 3.50. The molecule has 1 atom stereocenters. The smallest absolute Gasteiger partial charge is 0.253 e. The summed E-state index contributed by atoms with van der Waals surface area (Å²) in [6.45, 7) is 8.57. The highest BCUT2D eigenvalue weighted by atomic mass is 16.5. The van der Waals surface area contributed by atoms with E-state index >= 15 is 0 Å². The number of fused-ring (bicyclic) bond motifs is 1. The second-order valence-corrected chi connectivity index (χ2v) is 10.2. The molecule has 1 spiro atoms. The Morgan fingerprint density at radius 3 is 2.62 bits per heavy atom. The first-order valence-electron chi connectivity index (χ1n) is 12.6. The van der Waals surface area contributed by atoms with Crippen LogP contribution in [0.15, 0.2) is 65.2 Å². The molecule has 7 heteroatoms. The van der Waals surface area contributed by atoms with E-state index in [9.17, 15) is 4.79 Å². The number of carbonyl (C=O) groups is 1. The van der Waals surface area contributed by atoms with Gasteiger partial charge in [0, 0.05) is 61.4 Å². The molecule has 6 rings (SSSR count). The summed E-state index contributed by atoms with van der Waals surface area (Å²) < 4.78 is 12.2. The Hall–Kier alpha value is -4.15. The number of benzene rings is 2. The molecule has 1 amide bonds. The highest BCUT2D eigenvalue weighted by molar-refractivity contribution is 5.95. The van der Waals surface area contributed by atoms with Crippen molar-refractivity contribution in [3.63, 3.8) is 0 Å². The molecule has 186 valence electrons. The summed E-state index contributed by atoms with van der Waals surface area (Å²) >= 11 is 0. The molecule has 2 aliphatic rings. The maximum Gasteiger partial charge on any atom is 0.253 e. The summed E-state index contributed by atoms with van der Waals surface area (Å²) in [5.41, 5.74) is 6.22. The lowest BCUT2D eigenvalue weighted by molar-refractivity contribution is -0.00879. The summed E-state index contributed by atoms with van der Waals surface area (Å²) in [4.78, 5) is 22.1. The second-order valence-electron chi connectivity index (χ2n) is 10.2. The van der Waals surface area contributed by atoms with Crippen LogP contribution < -0.4 is 5.32 Å². The molecular weight excluding hydrogens is 464 g/mol. The van der Waals surface area contributed by atoms with Crippen molar-refractivity contribution in [2.75, 3.05) is 26.0 Å². The minimum atomic E-state index is -0.0440. The van der Waals surface area contributed by atoms with Crippen molar-refractivity contribution in [3.05, 3.63) is 77.8 Å². The standard InChI is InChI=1S/C30H28N4O3/c1-31-25-16-21(8-9-24(25)33-22-11-15-36-30(18-22)12-13-30)23-10-14-32-26-17-27(37-28(23)26)19-4-6-20(7-5-19)29(35)34(2)3/h4-10,14,16-17,22,33H,11-13,15,18H2,2-3H3. The first-order chi connectivity index (χ1) is 17.9. The van der Waals surface area contributed by atoms with Crippen molar-refractivity contribution in [2.45, 2.75) is 37.3 Å². The minimum absolute atomic E-state index is 0.0440. The highest BCUT2D eigenvalue weighted by Gasteiger charge is 2.47. The van der Waals surface area contributed by atoms with E-state index in [1.165, 1.54) is 0 Å². The number of amides is 1. The largest absolute Gasteiger partial charge is 0.454 e. The number of anilines is 1. The number of aromatic nitrogens is 1. The van der Waals surface area contributed by atoms with Gasteiger partial charge in [0.25, 0.3) is 5.91 Å². The van der Waals surface area contributed by atoms with E-state index < -0.39 is 0 Å². The molecule has 2 aromatic carbocycles. The number of rotatable bonds is 5. The fraction of sp³-hybridized carbons (Fsp3) is 0.300. The summed E-state index contributed by atoms with van der Waals surface area (Å²) in [5.74, 6) is 0.633. The predicted molar refractivity (Wildman–Crippen MR) is 144 cm³/mol. The second kappa shape index (κ2) is 9.06. The monoisotopic (exact) mass is 492 g/mol. The zero-order chi connectivity index (χ0) is 25.6. The molecule has 37 heavy (non-hydrogen) atoms. The number of pyridine rings is 1. The predicted octanol–water partition coefficient (Wildman–Crippen LogP) is 6.54. The van der Waals surface area contributed by atoms with E-state index in [4.69, 9.17) is 15.7 Å². The van der Waals surface area contributed by atoms with Crippen LogP contribution >= 0.6 is 0 Å². The summed E-state index contributed by atoms with van der Waals surface area (Å²) in [5, 5.41) is 3.60. The van der Waals surface area contributed by atoms with E-state index in [1.807, 2.05) is 42.5 Å². The number of hydrogen-bond donors (Lipinski definition) is 1. The Balaban J connectivity index is 1.29. The number of hydrogen-bond acceptors (Lipinski definition) is 5. The van der Waals surface area contributed by atoms with Gasteiger partial charge in [-0.1, -0.05) is 18.2 Å². The molecule has 1 saturated carbocycles. The molecular formula is C30H28N4O3. The topological polar surface area (TPSA) is 72.0 Å². The molecule has 1 N–H and O–H groups in total. The number of carbonyl (C=O) groups excluding carboxylic acids is 1. The van der Waals surface area contributed by atoms with Crippen molar-refractivity contribution in [1.82, 2.24) is 9.88 Å². The van der Waals surface area contributed by atoms with Crippen LogP contribution in [0.1, 0.15) is 36.0 Å². The third-order valence-corrected chi connectivity index (χ3v) is 7.32. The van der Waals surface area contributed by atoms with E-state index in [2.05, 4.69) is 15.1 Å². The van der Waals surface area contributed by atoms with E-state index in [-0.39, 0.29) is 11.5 Å². The van der Waals surface area contributed by atoms with Gasteiger partial charge in [-0.15, -0.1) is 0 Å². The van der Waals surface area contributed by atoms with Crippen LogP contribution in [0.2, 0.25) is 0 Å². The molecule has 2 aromatic heterocycles. The lowest BCUT2D eigenvalue weighted by Crippen LogP contribution is -2.35. The molecule has 1 aliphatic heterocycles. The van der Waals surface area contributed by atoms with Gasteiger partial charge in [-0.25, -0.2) is 4.85 Å². The fourth-order valence-electron chi connectivity index (χ4n) is 5.12. The van der Waals surface area contributed by atoms with Crippen LogP contribution in [-0.2, 0) is 4.74 Å². The summed E-state index contributed by atoms with van der Waals surface area (Å²) in [6.07, 6.45) is 5.99. The number of nitrogens with one attached hydrogen (secondary N) is 1. The third kappa shape index (κ3) is 4.45. The zero-order valence-corrected chi connectivity index (χ0v) is 21.0. The first kappa shape index (κ1) is 23.3. The van der Waals surface area contributed by atoms with E-state index in [1.54, 1.807) is 37.3 Å². The molecule has 0 bridgehead atoms. The minimum Gasteiger partial charge on any atom is -0.454 e. The van der Waals surface area contributed by atoms with Gasteiger partial charge in [-0.3, -0.25) is 9.78 Å². The van der Waals surface area contributed by atoms with Gasteiger partial charge >= 0.3 is 0 Å². The average molecular weight is 493 g/mol. The van der Waals surface area contributed by atoms with Crippen molar-refractivity contribution in [1.29, 1.82) is 0 Å². The van der Waals surface area contributed by atoms with Gasteiger partial charge < -0.3 is 19.4 Å². The van der Waals surface area contributed by atoms with E-state index in [0.717, 1.165) is 60.2 Å². The van der Waals surface area contributed by atoms with Crippen LogP contribution in [0, 0.1) is 6.57 Å². The highest BCUT2D eigenvalue weighted by Crippen LogP contribution is 2.47. The maximum absolute atomic E-state index is 12.2. The van der Waals surface area contributed by atoms with Crippen LogP contribution in [0.4, 0.5) is 11.4 Å². The lowest BCUT2D eigenvalue weighted by Gasteiger charge is -2.31. The van der Waals surface area contributed by atoms with Crippen molar-refractivity contribution >= 4 is 28.4 Å². The SMILES string of the molecule is [C-]#[N+]c1cc(-c2ccnc3cc(-c4ccc(C(=O)N(C)C)cc4)oc23)ccc1NC1CCOC2(CC2)C1. The van der Waals surface area contributed by atoms with Gasteiger partial charge in [-0.2, -0.15) is 0 Å². The molecule has 1 unspecified atom stereocenters. The Kier molecular flexibility index (Phi) is 5.69. The Labute approximate surface area is 215 Å². The van der Waals surface area contributed by atoms with Crippen LogP contribution in [-0.4, -0.2) is 48.1 Å².